The van der Waals surface area contributed by atoms with Gasteiger partial charge in [0.05, 0.1) is 59.0 Å². The third-order valence-corrected chi connectivity index (χ3v) is 12.5. The molecule has 35 nitrogen and oxygen atoms in total. The van der Waals surface area contributed by atoms with E-state index in [9.17, 15) is 99.3 Å². The highest BCUT2D eigenvalue weighted by molar-refractivity contribution is 5.97. The summed E-state index contributed by atoms with van der Waals surface area (Å²) in [7, 11) is 1.07. The van der Waals surface area contributed by atoms with Gasteiger partial charge in [0, 0.05) is 12.8 Å². The van der Waals surface area contributed by atoms with Gasteiger partial charge in [-0.1, -0.05) is 12.1 Å². The maximum absolute atomic E-state index is 14.1. The molecule has 8 amide bonds. The van der Waals surface area contributed by atoms with Crippen LogP contribution in [0.25, 0.3) is 0 Å². The van der Waals surface area contributed by atoms with Crippen LogP contribution in [0.3, 0.4) is 0 Å². The number of rotatable bonds is 28. The quantitative estimate of drug-likeness (QED) is 0.0347. The zero-order valence-electron chi connectivity index (χ0n) is 42.7. The number of hydrogen-bond acceptors (Lipinski definition) is 27. The fraction of sp³-hybridized carbons (Fsp3) is 0.667. The number of nitrogens with two attached hydrogens (primary N) is 2. The van der Waals surface area contributed by atoms with E-state index in [1.54, 1.807) is 0 Å². The number of ether oxygens (including phenoxy) is 6. The molecule has 1 aromatic carbocycles. The molecule has 3 heterocycles. The van der Waals surface area contributed by atoms with Crippen molar-refractivity contribution in [1.29, 1.82) is 0 Å². The average molecular weight is 1150 g/mol. The molecule has 3 saturated heterocycles. The summed E-state index contributed by atoms with van der Waals surface area (Å²) >= 11 is 0. The van der Waals surface area contributed by atoms with Gasteiger partial charge < -0.3 is 133 Å². The van der Waals surface area contributed by atoms with Crippen LogP contribution >= 0.6 is 0 Å². The molecular formula is C45H69N9O26. The standard InChI is InChI=1S/C45H69N9O26/c1-75-30(64)13-49-28(62)11-51-41(73)20(8-17-2-4-18(58)5-3-17)53-42(74)21(52-29(63)12-48-27(61)10-50-40(72)19(46)6-7-25(47)59)9-26(60)54-43-35(69)33(67)38(23(15-56)76-43)79-45-37(71)34(68)39(24(16-57)78-45)80-44-36(70)32(66)31(65)22(14-55)77-44/h2-5,19-24,31-39,43-45,55-58,65-71H,6-16,46H2,1H3,(H2,47,59)(H,48,61)(H,49,62)(H,50,72)(H,51,73)(H,52,63)(H,53,74)(H,54,60)/t19-,20-,21-,22+,23+,24+,31+,32-,33+,34+,35+,36+,37+,38+,39+,43+,44+,45+/m0/s1. The highest BCUT2D eigenvalue weighted by Gasteiger charge is 2.53. The van der Waals surface area contributed by atoms with E-state index in [-0.39, 0.29) is 25.0 Å². The number of phenols is 1. The second-order valence-corrected chi connectivity index (χ2v) is 18.4. The summed E-state index contributed by atoms with van der Waals surface area (Å²) in [6.07, 6.45) is -30.5. The number of esters is 1. The highest BCUT2D eigenvalue weighted by atomic mass is 16.7. The largest absolute Gasteiger partial charge is 0.508 e. The molecule has 0 aliphatic carbocycles. The summed E-state index contributed by atoms with van der Waals surface area (Å²) in [4.78, 5) is 114. The van der Waals surface area contributed by atoms with Gasteiger partial charge in [0.15, 0.2) is 18.8 Å². The minimum atomic E-state index is -2.20. The number of primary amides is 1. The van der Waals surface area contributed by atoms with Crippen LogP contribution in [0.4, 0.5) is 0 Å². The van der Waals surface area contributed by atoms with Gasteiger partial charge in [0.1, 0.15) is 97.6 Å². The lowest BCUT2D eigenvalue weighted by molar-refractivity contribution is -0.373. The maximum atomic E-state index is 14.1. The molecule has 3 fully saturated rings. The lowest BCUT2D eigenvalue weighted by Gasteiger charge is -2.48. The van der Waals surface area contributed by atoms with Crippen molar-refractivity contribution >= 4 is 53.2 Å². The van der Waals surface area contributed by atoms with Crippen molar-refractivity contribution in [1.82, 2.24) is 37.2 Å². The van der Waals surface area contributed by atoms with Crippen LogP contribution in [0.15, 0.2) is 24.3 Å². The molecule has 4 rings (SSSR count). The molecule has 0 spiro atoms. The Balaban J connectivity index is 1.49. The van der Waals surface area contributed by atoms with Gasteiger partial charge in [-0.2, -0.15) is 0 Å². The Morgan fingerprint density at radius 1 is 0.575 bits per heavy atom. The zero-order chi connectivity index (χ0) is 59.5. The van der Waals surface area contributed by atoms with Crippen molar-refractivity contribution in [3.8, 4) is 5.75 Å². The monoisotopic (exact) mass is 1150 g/mol. The molecule has 1 aromatic rings. The number of methoxy groups -OCH3 is 1. The first-order valence-corrected chi connectivity index (χ1v) is 24.6. The predicted molar refractivity (Wildman–Crippen MR) is 258 cm³/mol. The van der Waals surface area contributed by atoms with Crippen molar-refractivity contribution in [2.75, 3.05) is 53.1 Å². The normalized spacial score (nSPS) is 29.5. The topological polar surface area (TPSA) is 568 Å². The van der Waals surface area contributed by atoms with Gasteiger partial charge in [0.25, 0.3) is 0 Å². The summed E-state index contributed by atoms with van der Waals surface area (Å²) in [6.45, 7) is -5.84. The number of amides is 8. The first kappa shape index (κ1) is 66.1. The molecule has 450 valence electrons. The molecule has 22 N–H and O–H groups in total. The van der Waals surface area contributed by atoms with Crippen LogP contribution in [0.1, 0.15) is 24.8 Å². The predicted octanol–water partition coefficient (Wildman–Crippen LogP) is -12.9. The van der Waals surface area contributed by atoms with Gasteiger partial charge in [0.2, 0.25) is 47.3 Å². The highest BCUT2D eigenvalue weighted by Crippen LogP contribution is 2.32. The fourth-order valence-electron chi connectivity index (χ4n) is 7.97. The van der Waals surface area contributed by atoms with Crippen molar-refractivity contribution in [2.24, 2.45) is 11.5 Å². The van der Waals surface area contributed by atoms with E-state index in [0.717, 1.165) is 7.11 Å². The Bertz CT molecular complexity index is 2270. The molecule has 0 aromatic heterocycles. The Morgan fingerprint density at radius 3 is 1.65 bits per heavy atom. The summed E-state index contributed by atoms with van der Waals surface area (Å²) in [5.74, 6) is -9.09. The van der Waals surface area contributed by atoms with E-state index >= 15 is 0 Å². The van der Waals surface area contributed by atoms with Crippen LogP contribution in [0, 0.1) is 0 Å². The van der Waals surface area contributed by atoms with Crippen LogP contribution in [0.2, 0.25) is 0 Å². The lowest BCUT2D eigenvalue weighted by atomic mass is 9.95. The third kappa shape index (κ3) is 19.1. The van der Waals surface area contributed by atoms with Gasteiger partial charge in [-0.3, -0.25) is 43.2 Å². The molecular weight excluding hydrogens is 1080 g/mol. The number of phenolic OH excluding ortho intramolecular Hbond substituents is 1. The molecule has 35 heteroatoms. The minimum absolute atomic E-state index is 0.144. The summed E-state index contributed by atoms with van der Waals surface area (Å²) in [6, 6.07) is 0.397. The number of nitrogens with one attached hydrogen (secondary N) is 7. The van der Waals surface area contributed by atoms with E-state index in [2.05, 4.69) is 42.0 Å². The zero-order valence-corrected chi connectivity index (χ0v) is 42.7. The summed E-state index contributed by atoms with van der Waals surface area (Å²) in [5.41, 5.74) is 11.1. The Kier molecular flexibility index (Phi) is 26.1. The molecule has 3 aliphatic rings. The van der Waals surface area contributed by atoms with Crippen molar-refractivity contribution in [3.63, 3.8) is 0 Å². The van der Waals surface area contributed by atoms with Crippen molar-refractivity contribution in [3.05, 3.63) is 29.8 Å². The molecule has 80 heavy (non-hydrogen) atoms. The van der Waals surface area contributed by atoms with E-state index < -0.39 is 216 Å². The van der Waals surface area contributed by atoms with Crippen LogP contribution in [0.5, 0.6) is 5.75 Å². The van der Waals surface area contributed by atoms with Gasteiger partial charge >= 0.3 is 5.97 Å². The molecule has 0 saturated carbocycles. The minimum Gasteiger partial charge on any atom is -0.508 e. The average Bonchev–Trinajstić information content (AvgIpc) is 3.45. The molecule has 0 bridgehead atoms. The molecule has 18 atom stereocenters. The number of aromatic hydroxyl groups is 1. The number of carbonyl (C=O) groups excluding carboxylic acids is 9. The number of carbonyl (C=O) groups is 9. The van der Waals surface area contributed by atoms with Crippen LogP contribution in [-0.4, -0.2) is 273 Å². The second kappa shape index (κ2) is 31.6. The smallest absolute Gasteiger partial charge is 0.325 e. The Labute approximate surface area is 453 Å². The van der Waals surface area contributed by atoms with Gasteiger partial charge in [-0.15, -0.1) is 0 Å². The number of hydrogen-bond donors (Lipinski definition) is 20. The first-order chi connectivity index (χ1) is 37.8. The Morgan fingerprint density at radius 2 is 1.09 bits per heavy atom. The second-order valence-electron chi connectivity index (χ2n) is 18.4. The summed E-state index contributed by atoms with van der Waals surface area (Å²) in [5, 5.41) is 131. The Hall–Kier alpha value is -6.39. The number of aliphatic hydroxyl groups excluding tert-OH is 10. The van der Waals surface area contributed by atoms with Gasteiger partial charge in [-0.05, 0) is 24.1 Å². The number of benzene rings is 1. The van der Waals surface area contributed by atoms with Crippen molar-refractivity contribution in [2.45, 2.75) is 136 Å². The lowest BCUT2D eigenvalue weighted by Crippen LogP contribution is -2.67. The van der Waals surface area contributed by atoms with E-state index in [0.29, 0.717) is 5.56 Å². The van der Waals surface area contributed by atoms with E-state index in [4.69, 9.17) is 35.2 Å². The van der Waals surface area contributed by atoms with Crippen LogP contribution in [-0.2, 0) is 78.0 Å². The maximum Gasteiger partial charge on any atom is 0.325 e. The molecule has 0 unspecified atom stereocenters. The fourth-order valence-corrected chi connectivity index (χ4v) is 7.97. The summed E-state index contributed by atoms with van der Waals surface area (Å²) < 4.78 is 32.1. The first-order valence-electron chi connectivity index (χ1n) is 24.6. The van der Waals surface area contributed by atoms with Gasteiger partial charge in [-0.25, -0.2) is 0 Å². The third-order valence-electron chi connectivity index (χ3n) is 12.5. The SMILES string of the molecule is COC(=O)CNC(=O)CNC(=O)[C@H](Cc1ccc(O)cc1)NC(=O)[C@H](CC(=O)N[C@@H]1O[C@H](CO)[C@@H](O[C@H]2O[C@H](CO)[C@@H](O[C@H]3O[C@H](CO)[C@@H](O)[C@H](O)[C@H]3O)[C@H](O)[C@H]2O)[C@H](O)[C@H]1O)NC(=O)CNC(=O)CNC(=O)[C@@H](N)CCC(N)=O. The van der Waals surface area contributed by atoms with Crippen molar-refractivity contribution < 1.29 is 128 Å². The van der Waals surface area contributed by atoms with Crippen LogP contribution < -0.4 is 48.7 Å². The molecule has 3 aliphatic heterocycles. The van der Waals surface area contributed by atoms with E-state index in [1.807, 2.05) is 0 Å². The number of aliphatic hydroxyl groups is 10. The van der Waals surface area contributed by atoms with E-state index in [1.165, 1.54) is 24.3 Å². The molecule has 0 radical (unpaired) electrons.